The van der Waals surface area contributed by atoms with Crippen LogP contribution >= 0.6 is 0 Å². The summed E-state index contributed by atoms with van der Waals surface area (Å²) in [5.74, 6) is 0.966. The van der Waals surface area contributed by atoms with Crippen molar-refractivity contribution in [1.29, 1.82) is 0 Å². The van der Waals surface area contributed by atoms with Crippen molar-refractivity contribution >= 4 is 17.5 Å². The van der Waals surface area contributed by atoms with Gasteiger partial charge in [-0.3, -0.25) is 4.79 Å². The lowest BCUT2D eigenvalue weighted by atomic mass is 10.3. The second kappa shape index (κ2) is 5.46. The van der Waals surface area contributed by atoms with Crippen molar-refractivity contribution in [2.24, 2.45) is 0 Å². The zero-order valence-electron chi connectivity index (χ0n) is 8.74. The summed E-state index contributed by atoms with van der Waals surface area (Å²) < 4.78 is 0. The number of nitrogens with zero attached hydrogens (tertiary/aromatic N) is 3. The minimum atomic E-state index is -1.04. The van der Waals surface area contributed by atoms with Crippen LogP contribution < -0.4 is 4.90 Å². The number of carbonyl (C=O) groups is 1. The molecule has 0 fully saturated rings. The molecule has 88 valence electrons. The van der Waals surface area contributed by atoms with Gasteiger partial charge in [0, 0.05) is 6.07 Å². The predicted molar refractivity (Wildman–Crippen MR) is 59.6 cm³/mol. The second-order valence-corrected chi connectivity index (χ2v) is 3.09. The standard InChI is InChI=1S/C10H9N3O4/c1-2-5-12(7-10(14)15)8-3-4-9(11-6-8)13(16)17/h1,3-4,6H,5,7H2,(H,14,15). The van der Waals surface area contributed by atoms with Crippen LogP contribution in [0.25, 0.3) is 0 Å². The summed E-state index contributed by atoms with van der Waals surface area (Å²) in [6.07, 6.45) is 6.33. The van der Waals surface area contributed by atoms with Gasteiger partial charge < -0.3 is 20.1 Å². The minimum absolute atomic E-state index is 0.0891. The van der Waals surface area contributed by atoms with Crippen LogP contribution in [0.15, 0.2) is 18.3 Å². The number of aromatic nitrogens is 1. The number of anilines is 1. The van der Waals surface area contributed by atoms with Crippen LogP contribution in [-0.2, 0) is 4.79 Å². The average Bonchev–Trinajstić information content (AvgIpc) is 2.28. The molecule has 7 heteroatoms. The lowest BCUT2D eigenvalue weighted by molar-refractivity contribution is -0.389. The number of hydrogen-bond acceptors (Lipinski definition) is 5. The molecule has 0 aliphatic rings. The highest BCUT2D eigenvalue weighted by Crippen LogP contribution is 2.15. The topological polar surface area (TPSA) is 96.6 Å². The molecule has 0 aliphatic heterocycles. The Morgan fingerprint density at radius 3 is 2.76 bits per heavy atom. The molecule has 0 amide bonds. The highest BCUT2D eigenvalue weighted by molar-refractivity contribution is 5.73. The van der Waals surface area contributed by atoms with Gasteiger partial charge in [0.25, 0.3) is 0 Å². The third kappa shape index (κ3) is 3.46. The van der Waals surface area contributed by atoms with E-state index in [0.717, 1.165) is 0 Å². The van der Waals surface area contributed by atoms with E-state index < -0.39 is 10.9 Å². The Morgan fingerprint density at radius 1 is 1.65 bits per heavy atom. The molecule has 0 spiro atoms. The van der Waals surface area contributed by atoms with E-state index in [9.17, 15) is 14.9 Å². The Labute approximate surface area is 96.8 Å². The van der Waals surface area contributed by atoms with E-state index in [1.54, 1.807) is 0 Å². The van der Waals surface area contributed by atoms with Gasteiger partial charge in [0.2, 0.25) is 0 Å². The Morgan fingerprint density at radius 2 is 2.35 bits per heavy atom. The normalized spacial score (nSPS) is 9.35. The number of nitro groups is 1. The molecule has 1 rings (SSSR count). The van der Waals surface area contributed by atoms with Crippen LogP contribution in [0.3, 0.4) is 0 Å². The first-order valence-corrected chi connectivity index (χ1v) is 4.55. The first kappa shape index (κ1) is 12.4. The number of carboxylic acid groups (broad SMARTS) is 1. The molecule has 1 N–H and O–H groups in total. The van der Waals surface area contributed by atoms with Crippen LogP contribution in [-0.4, -0.2) is 34.1 Å². The van der Waals surface area contributed by atoms with Crippen molar-refractivity contribution in [3.8, 4) is 12.3 Å². The van der Waals surface area contributed by atoms with Crippen LogP contribution in [0.2, 0.25) is 0 Å². The van der Waals surface area contributed by atoms with E-state index in [0.29, 0.717) is 5.69 Å². The van der Waals surface area contributed by atoms with E-state index in [1.165, 1.54) is 23.2 Å². The Balaban J connectivity index is 2.91. The molecule has 0 bridgehead atoms. The molecule has 0 atom stereocenters. The maximum atomic E-state index is 10.6. The fourth-order valence-electron chi connectivity index (χ4n) is 1.19. The Bertz CT molecular complexity index is 463. The van der Waals surface area contributed by atoms with Crippen molar-refractivity contribution in [2.45, 2.75) is 0 Å². The third-order valence-electron chi connectivity index (χ3n) is 1.89. The number of terminal acetylenes is 1. The summed E-state index contributed by atoms with van der Waals surface area (Å²) in [4.78, 5) is 25.3. The van der Waals surface area contributed by atoms with Gasteiger partial charge in [-0.25, -0.2) is 0 Å². The Kier molecular flexibility index (Phi) is 4.00. The number of carboxylic acids is 1. The average molecular weight is 235 g/mol. The molecule has 0 radical (unpaired) electrons. The summed E-state index contributed by atoms with van der Waals surface area (Å²) in [7, 11) is 0. The van der Waals surface area contributed by atoms with Gasteiger partial charge in [0.15, 0.2) is 6.20 Å². The quantitative estimate of drug-likeness (QED) is 0.454. The molecule has 0 saturated carbocycles. The lowest BCUT2D eigenvalue weighted by Crippen LogP contribution is -2.30. The van der Waals surface area contributed by atoms with Crippen molar-refractivity contribution in [2.75, 3.05) is 18.0 Å². The second-order valence-electron chi connectivity index (χ2n) is 3.09. The van der Waals surface area contributed by atoms with E-state index in [1.807, 2.05) is 0 Å². The van der Waals surface area contributed by atoms with Crippen molar-refractivity contribution in [3.05, 3.63) is 28.4 Å². The van der Waals surface area contributed by atoms with Gasteiger partial charge in [0.1, 0.15) is 6.54 Å². The molecule has 0 unspecified atom stereocenters. The third-order valence-corrected chi connectivity index (χ3v) is 1.89. The molecular formula is C10H9N3O4. The minimum Gasteiger partial charge on any atom is -0.480 e. The van der Waals surface area contributed by atoms with E-state index in [4.69, 9.17) is 11.5 Å². The summed E-state index contributed by atoms with van der Waals surface area (Å²) >= 11 is 0. The van der Waals surface area contributed by atoms with Crippen LogP contribution in [0.4, 0.5) is 11.5 Å². The smallest absolute Gasteiger partial charge is 0.363 e. The fourth-order valence-corrected chi connectivity index (χ4v) is 1.19. The SMILES string of the molecule is C#CCN(CC(=O)O)c1ccc([N+](=O)[O-])nc1. The first-order valence-electron chi connectivity index (χ1n) is 4.55. The van der Waals surface area contributed by atoms with Crippen molar-refractivity contribution in [3.63, 3.8) is 0 Å². The predicted octanol–water partition coefficient (Wildman–Crippen LogP) is 0.514. The monoisotopic (exact) mass is 235 g/mol. The molecule has 0 aromatic carbocycles. The highest BCUT2D eigenvalue weighted by Gasteiger charge is 2.13. The summed E-state index contributed by atoms with van der Waals surface area (Å²) in [5, 5.41) is 19.1. The largest absolute Gasteiger partial charge is 0.480 e. The van der Waals surface area contributed by atoms with Gasteiger partial charge in [-0.1, -0.05) is 5.92 Å². The van der Waals surface area contributed by atoms with Crippen LogP contribution in [0, 0.1) is 22.5 Å². The molecular weight excluding hydrogens is 226 g/mol. The van der Waals surface area contributed by atoms with E-state index in [-0.39, 0.29) is 18.9 Å². The van der Waals surface area contributed by atoms with Crippen LogP contribution in [0.1, 0.15) is 0 Å². The number of aliphatic carboxylic acids is 1. The summed E-state index contributed by atoms with van der Waals surface area (Å²) in [5.41, 5.74) is 0.427. The van der Waals surface area contributed by atoms with Crippen molar-refractivity contribution < 1.29 is 14.8 Å². The summed E-state index contributed by atoms with van der Waals surface area (Å²) in [6.45, 7) is -0.199. The zero-order valence-corrected chi connectivity index (χ0v) is 8.74. The molecule has 1 aromatic rings. The number of hydrogen-bond donors (Lipinski definition) is 1. The maximum absolute atomic E-state index is 10.6. The lowest BCUT2D eigenvalue weighted by Gasteiger charge is -2.18. The highest BCUT2D eigenvalue weighted by atomic mass is 16.6. The van der Waals surface area contributed by atoms with Crippen molar-refractivity contribution in [1.82, 2.24) is 4.98 Å². The first-order chi connectivity index (χ1) is 8.04. The molecule has 1 aromatic heterocycles. The maximum Gasteiger partial charge on any atom is 0.363 e. The Hall–Kier alpha value is -2.62. The van der Waals surface area contributed by atoms with Gasteiger partial charge in [-0.15, -0.1) is 6.42 Å². The molecule has 0 aliphatic carbocycles. The van der Waals surface area contributed by atoms with Gasteiger partial charge in [-0.05, 0) is 16.0 Å². The molecule has 7 nitrogen and oxygen atoms in total. The van der Waals surface area contributed by atoms with E-state index >= 15 is 0 Å². The molecule has 1 heterocycles. The fraction of sp³-hybridized carbons (Fsp3) is 0.200. The van der Waals surface area contributed by atoms with Gasteiger partial charge >= 0.3 is 11.8 Å². The molecule has 17 heavy (non-hydrogen) atoms. The molecule has 0 saturated heterocycles. The summed E-state index contributed by atoms with van der Waals surface area (Å²) in [6, 6.07) is 2.60. The van der Waals surface area contributed by atoms with E-state index in [2.05, 4.69) is 10.9 Å². The van der Waals surface area contributed by atoms with Gasteiger partial charge in [0.05, 0.1) is 12.2 Å². The van der Waals surface area contributed by atoms with Gasteiger partial charge in [-0.2, -0.15) is 0 Å². The zero-order chi connectivity index (χ0) is 12.8. The number of pyridine rings is 1. The number of rotatable bonds is 5. The van der Waals surface area contributed by atoms with Crippen LogP contribution in [0.5, 0.6) is 0 Å².